The summed E-state index contributed by atoms with van der Waals surface area (Å²) in [6.07, 6.45) is 0. The number of hydrogen-bond acceptors (Lipinski definition) is 0. The number of hydrogen-bond donors (Lipinski definition) is 0. The first-order valence-corrected chi connectivity index (χ1v) is 8.56. The topological polar surface area (TPSA) is 0 Å². The van der Waals surface area contributed by atoms with Crippen molar-refractivity contribution < 1.29 is 0 Å². The Bertz CT molecular complexity index is 884. The van der Waals surface area contributed by atoms with Gasteiger partial charge < -0.3 is 0 Å². The van der Waals surface area contributed by atoms with Crippen LogP contribution in [0.15, 0.2) is 42.5 Å². The van der Waals surface area contributed by atoms with Crippen molar-refractivity contribution in [3.8, 4) is 0 Å². The van der Waals surface area contributed by atoms with Gasteiger partial charge in [0.1, 0.15) is 0 Å². The fourth-order valence-corrected chi connectivity index (χ4v) is 3.65. The summed E-state index contributed by atoms with van der Waals surface area (Å²) in [6, 6.07) is 15.9. The maximum atomic E-state index is 2.45. The van der Waals surface area contributed by atoms with Crippen LogP contribution in [0, 0.1) is 6.92 Å². The molecule has 0 aromatic heterocycles. The van der Waals surface area contributed by atoms with Crippen molar-refractivity contribution in [1.82, 2.24) is 0 Å². The van der Waals surface area contributed by atoms with Gasteiger partial charge >= 0.3 is 0 Å². The summed E-state index contributed by atoms with van der Waals surface area (Å²) < 4.78 is 0. The molecule has 0 heterocycles. The number of rotatable bonds is 0. The molecule has 23 heavy (non-hydrogen) atoms. The highest BCUT2D eigenvalue weighted by Gasteiger charge is 2.24. The van der Waals surface area contributed by atoms with Gasteiger partial charge in [-0.25, -0.2) is 0 Å². The van der Waals surface area contributed by atoms with E-state index in [1.165, 1.54) is 38.2 Å². The van der Waals surface area contributed by atoms with Gasteiger partial charge in [0.15, 0.2) is 0 Å². The van der Waals surface area contributed by atoms with E-state index in [4.69, 9.17) is 0 Å². The Kier molecular flexibility index (Phi) is 3.55. The van der Waals surface area contributed by atoms with Crippen LogP contribution in [-0.4, -0.2) is 0 Å². The monoisotopic (exact) mass is 304 g/mol. The van der Waals surface area contributed by atoms with E-state index in [1.807, 2.05) is 0 Å². The second kappa shape index (κ2) is 5.09. The Hall–Kier alpha value is -1.82. The van der Waals surface area contributed by atoms with E-state index in [2.05, 4.69) is 90.9 Å². The Labute approximate surface area is 140 Å². The van der Waals surface area contributed by atoms with E-state index in [-0.39, 0.29) is 10.8 Å². The van der Waals surface area contributed by atoms with Gasteiger partial charge in [0, 0.05) is 0 Å². The molecule has 0 fully saturated rings. The van der Waals surface area contributed by atoms with Gasteiger partial charge in [-0.15, -0.1) is 0 Å². The Morgan fingerprint density at radius 2 is 1.09 bits per heavy atom. The van der Waals surface area contributed by atoms with Crippen molar-refractivity contribution >= 4 is 21.5 Å². The molecule has 0 nitrogen and oxygen atoms in total. The Morgan fingerprint density at radius 1 is 0.609 bits per heavy atom. The smallest absolute Gasteiger partial charge is 0.0126 e. The van der Waals surface area contributed by atoms with E-state index < -0.39 is 0 Å². The third kappa shape index (κ3) is 2.76. The molecule has 0 saturated carbocycles. The quantitative estimate of drug-likeness (QED) is 0.396. The van der Waals surface area contributed by atoms with Gasteiger partial charge in [-0.2, -0.15) is 0 Å². The molecule has 0 aliphatic heterocycles. The van der Waals surface area contributed by atoms with Gasteiger partial charge in [-0.1, -0.05) is 71.9 Å². The molecule has 3 aromatic rings. The number of benzene rings is 3. The summed E-state index contributed by atoms with van der Waals surface area (Å²) in [7, 11) is 0. The van der Waals surface area contributed by atoms with Crippen LogP contribution in [0.5, 0.6) is 0 Å². The van der Waals surface area contributed by atoms with Crippen molar-refractivity contribution in [2.24, 2.45) is 0 Å². The first-order chi connectivity index (χ1) is 10.6. The van der Waals surface area contributed by atoms with Crippen LogP contribution >= 0.6 is 0 Å². The lowest BCUT2D eigenvalue weighted by molar-refractivity contribution is 0.570. The predicted octanol–water partition coefficient (Wildman–Crippen LogP) is 6.90. The molecule has 3 aromatic carbocycles. The van der Waals surface area contributed by atoms with Crippen LogP contribution < -0.4 is 0 Å². The minimum absolute atomic E-state index is 0.133. The lowest BCUT2D eigenvalue weighted by Gasteiger charge is -2.29. The molecule has 0 unspecified atom stereocenters. The third-order valence-corrected chi connectivity index (χ3v) is 4.89. The van der Waals surface area contributed by atoms with Crippen molar-refractivity contribution in [2.75, 3.05) is 0 Å². The minimum atomic E-state index is 0.133. The molecule has 0 N–H and O–H groups in total. The summed E-state index contributed by atoms with van der Waals surface area (Å²) in [5.41, 5.74) is 4.63. The van der Waals surface area contributed by atoms with E-state index in [0.29, 0.717) is 0 Å². The van der Waals surface area contributed by atoms with E-state index >= 15 is 0 Å². The zero-order valence-electron chi connectivity index (χ0n) is 15.5. The van der Waals surface area contributed by atoms with Crippen molar-refractivity contribution in [1.29, 1.82) is 0 Å². The molecule has 0 atom stereocenters. The lowest BCUT2D eigenvalue weighted by atomic mass is 9.75. The summed E-state index contributed by atoms with van der Waals surface area (Å²) in [5, 5.41) is 5.46. The molecule has 0 radical (unpaired) electrons. The third-order valence-electron chi connectivity index (χ3n) is 4.89. The predicted molar refractivity (Wildman–Crippen MR) is 104 cm³/mol. The fourth-order valence-electron chi connectivity index (χ4n) is 3.65. The molecule has 0 spiro atoms. The van der Waals surface area contributed by atoms with Gasteiger partial charge in [0.2, 0.25) is 0 Å². The molecular weight excluding hydrogens is 276 g/mol. The van der Waals surface area contributed by atoms with Crippen molar-refractivity contribution in [3.05, 3.63) is 59.2 Å². The van der Waals surface area contributed by atoms with Crippen LogP contribution in [0.2, 0.25) is 0 Å². The normalized spacial score (nSPS) is 13.0. The molecule has 3 rings (SSSR count). The second-order valence-corrected chi connectivity index (χ2v) is 8.84. The second-order valence-electron chi connectivity index (χ2n) is 8.84. The molecule has 0 heteroatoms. The fraction of sp³-hybridized carbons (Fsp3) is 0.391. The van der Waals surface area contributed by atoms with E-state index in [0.717, 1.165) is 0 Å². The largest absolute Gasteiger partial charge is 0.0616 e. The van der Waals surface area contributed by atoms with E-state index in [9.17, 15) is 0 Å². The number of aryl methyl sites for hydroxylation is 1. The van der Waals surface area contributed by atoms with Crippen molar-refractivity contribution in [2.45, 2.75) is 59.3 Å². The maximum absolute atomic E-state index is 2.45. The first kappa shape index (κ1) is 16.1. The first-order valence-electron chi connectivity index (χ1n) is 8.56. The molecular formula is C23H28. The Morgan fingerprint density at radius 3 is 1.57 bits per heavy atom. The summed E-state index contributed by atoms with van der Waals surface area (Å²) in [6.45, 7) is 16.2. The molecule has 0 aliphatic carbocycles. The molecule has 0 aliphatic rings. The highest BCUT2D eigenvalue weighted by atomic mass is 14.3. The molecule has 120 valence electrons. The molecule has 0 bridgehead atoms. The highest BCUT2D eigenvalue weighted by Crippen LogP contribution is 2.39. The molecule has 0 amide bonds. The lowest BCUT2D eigenvalue weighted by Crippen LogP contribution is -2.18. The van der Waals surface area contributed by atoms with Crippen LogP contribution in [0.3, 0.4) is 0 Å². The molecule has 0 saturated heterocycles. The zero-order valence-corrected chi connectivity index (χ0v) is 15.5. The number of fused-ring (bicyclic) bond motifs is 2. The van der Waals surface area contributed by atoms with Gasteiger partial charge in [-0.05, 0) is 68.1 Å². The van der Waals surface area contributed by atoms with Gasteiger partial charge in [-0.3, -0.25) is 0 Å². The van der Waals surface area contributed by atoms with Crippen molar-refractivity contribution in [3.63, 3.8) is 0 Å². The van der Waals surface area contributed by atoms with E-state index in [1.54, 1.807) is 0 Å². The van der Waals surface area contributed by atoms with Gasteiger partial charge in [0.25, 0.3) is 0 Å². The highest BCUT2D eigenvalue weighted by molar-refractivity contribution is 6.02. The summed E-state index contributed by atoms with van der Waals surface area (Å²) in [5.74, 6) is 0. The standard InChI is InChI=1S/C23H28/c1-15-18-12-16-10-8-9-11-17(16)13-19(18)21(23(5,6)7)14-20(15)22(2,3)4/h8-14H,1-7H3. The van der Waals surface area contributed by atoms with Gasteiger partial charge in [0.05, 0.1) is 0 Å². The van der Waals surface area contributed by atoms with Crippen LogP contribution in [-0.2, 0) is 10.8 Å². The summed E-state index contributed by atoms with van der Waals surface area (Å²) in [4.78, 5) is 0. The van der Waals surface area contributed by atoms with Crippen LogP contribution in [0.25, 0.3) is 21.5 Å². The van der Waals surface area contributed by atoms with Crippen LogP contribution in [0.4, 0.5) is 0 Å². The minimum Gasteiger partial charge on any atom is -0.0616 e. The zero-order chi connectivity index (χ0) is 17.0. The Balaban J connectivity index is 2.52. The average Bonchev–Trinajstić information content (AvgIpc) is 2.43. The SMILES string of the molecule is Cc1c(C(C)(C)C)cc(C(C)(C)C)c2cc3ccccc3cc12. The summed E-state index contributed by atoms with van der Waals surface area (Å²) >= 11 is 0. The average molecular weight is 304 g/mol. The van der Waals surface area contributed by atoms with Crippen LogP contribution in [0.1, 0.15) is 58.2 Å². The maximum Gasteiger partial charge on any atom is -0.0126 e.